The summed E-state index contributed by atoms with van der Waals surface area (Å²) in [6, 6.07) is 5.26. The molecule has 9 nitrogen and oxygen atoms in total. The van der Waals surface area contributed by atoms with E-state index in [9.17, 15) is 4.39 Å². The second-order valence-electron chi connectivity index (χ2n) is 8.49. The molecule has 0 unspecified atom stereocenters. The fourth-order valence-corrected chi connectivity index (χ4v) is 4.16. The molecular weight excluding hydrogens is 413 g/mol. The standard InChI is InChI=1S/C22H26FN7O2/c1-13(2)19-27-22(32-28-19)29-8-5-15(6-9-29)31-21-16-7-10-30(20(16)25-12-26-21)18-4-3-14(24)11-17(18)23/h3-4,11-13,15H,5-10,24H2,1-2H3. The van der Waals surface area contributed by atoms with E-state index in [2.05, 4.69) is 25.0 Å². The topological polar surface area (TPSA) is 106 Å². The summed E-state index contributed by atoms with van der Waals surface area (Å²) in [4.78, 5) is 17.2. The normalized spacial score (nSPS) is 16.6. The molecule has 4 heterocycles. The molecule has 0 spiro atoms. The van der Waals surface area contributed by atoms with Crippen molar-refractivity contribution in [3.8, 4) is 5.88 Å². The molecule has 10 heteroatoms. The van der Waals surface area contributed by atoms with Crippen molar-refractivity contribution in [1.29, 1.82) is 0 Å². The van der Waals surface area contributed by atoms with Crippen molar-refractivity contribution in [1.82, 2.24) is 20.1 Å². The first-order valence-corrected chi connectivity index (χ1v) is 10.9. The van der Waals surface area contributed by atoms with Gasteiger partial charge in [-0.1, -0.05) is 19.0 Å². The van der Waals surface area contributed by atoms with Crippen molar-refractivity contribution in [2.75, 3.05) is 35.2 Å². The number of halogens is 1. The van der Waals surface area contributed by atoms with Gasteiger partial charge in [-0.3, -0.25) is 0 Å². The largest absolute Gasteiger partial charge is 0.474 e. The summed E-state index contributed by atoms with van der Waals surface area (Å²) in [7, 11) is 0. The molecule has 168 valence electrons. The van der Waals surface area contributed by atoms with Crippen LogP contribution in [0.5, 0.6) is 5.88 Å². The number of nitrogens with zero attached hydrogens (tertiary/aromatic N) is 6. The number of benzene rings is 1. The molecule has 0 bridgehead atoms. The van der Waals surface area contributed by atoms with E-state index >= 15 is 0 Å². The highest BCUT2D eigenvalue weighted by atomic mass is 19.1. The van der Waals surface area contributed by atoms with Gasteiger partial charge in [0, 0.05) is 44.1 Å². The van der Waals surface area contributed by atoms with Crippen LogP contribution in [-0.2, 0) is 6.42 Å². The van der Waals surface area contributed by atoms with Crippen molar-refractivity contribution < 1.29 is 13.7 Å². The minimum Gasteiger partial charge on any atom is -0.474 e. The third kappa shape index (κ3) is 3.80. The summed E-state index contributed by atoms with van der Waals surface area (Å²) >= 11 is 0. The van der Waals surface area contributed by atoms with E-state index in [0.717, 1.165) is 37.3 Å². The number of hydrogen-bond donors (Lipinski definition) is 1. The van der Waals surface area contributed by atoms with Crippen LogP contribution in [0.3, 0.4) is 0 Å². The van der Waals surface area contributed by atoms with Crippen LogP contribution in [0, 0.1) is 5.82 Å². The zero-order valence-corrected chi connectivity index (χ0v) is 18.2. The summed E-state index contributed by atoms with van der Waals surface area (Å²) in [5.74, 6) is 1.84. The molecule has 3 aromatic rings. The lowest BCUT2D eigenvalue weighted by molar-refractivity contribution is 0.160. The third-order valence-corrected chi connectivity index (χ3v) is 5.92. The molecule has 2 aromatic heterocycles. The maximum absolute atomic E-state index is 14.5. The van der Waals surface area contributed by atoms with Crippen LogP contribution in [0.2, 0.25) is 0 Å². The molecule has 0 atom stereocenters. The Kier molecular flexibility index (Phi) is 5.28. The van der Waals surface area contributed by atoms with E-state index in [0.29, 0.717) is 42.1 Å². The average molecular weight is 439 g/mol. The van der Waals surface area contributed by atoms with Crippen molar-refractivity contribution in [2.24, 2.45) is 0 Å². The quantitative estimate of drug-likeness (QED) is 0.598. The number of ether oxygens (including phenoxy) is 1. The predicted molar refractivity (Wildman–Crippen MR) is 118 cm³/mol. The van der Waals surface area contributed by atoms with Crippen molar-refractivity contribution in [3.63, 3.8) is 0 Å². The molecule has 0 saturated carbocycles. The third-order valence-electron chi connectivity index (χ3n) is 5.92. The Balaban J connectivity index is 1.27. The van der Waals surface area contributed by atoms with E-state index < -0.39 is 0 Å². The zero-order valence-electron chi connectivity index (χ0n) is 18.2. The number of rotatable bonds is 5. The van der Waals surface area contributed by atoms with Gasteiger partial charge in [-0.25, -0.2) is 14.4 Å². The van der Waals surface area contributed by atoms with E-state index in [1.807, 2.05) is 18.7 Å². The molecule has 0 amide bonds. The summed E-state index contributed by atoms with van der Waals surface area (Å²) < 4.78 is 26.2. The Morgan fingerprint density at radius 3 is 2.72 bits per heavy atom. The number of aromatic nitrogens is 4. The molecule has 1 saturated heterocycles. The number of fused-ring (bicyclic) bond motifs is 1. The highest BCUT2D eigenvalue weighted by molar-refractivity contribution is 5.69. The Hall–Kier alpha value is -3.43. The summed E-state index contributed by atoms with van der Waals surface area (Å²) in [6.07, 6.45) is 3.82. The lowest BCUT2D eigenvalue weighted by Gasteiger charge is -2.30. The van der Waals surface area contributed by atoms with Crippen LogP contribution < -0.4 is 20.3 Å². The van der Waals surface area contributed by atoms with Gasteiger partial charge in [0.05, 0.1) is 11.3 Å². The fourth-order valence-electron chi connectivity index (χ4n) is 4.16. The number of nitrogens with two attached hydrogens (primary N) is 1. The SMILES string of the molecule is CC(C)c1noc(N2CCC(Oc3ncnc4c3CCN4c3ccc(N)cc3F)CC2)n1. The minimum absolute atomic E-state index is 0.0278. The van der Waals surface area contributed by atoms with Crippen molar-refractivity contribution in [2.45, 2.75) is 45.1 Å². The van der Waals surface area contributed by atoms with Crippen LogP contribution >= 0.6 is 0 Å². The molecule has 0 aliphatic carbocycles. The van der Waals surface area contributed by atoms with Gasteiger partial charge in [0.2, 0.25) is 5.88 Å². The number of anilines is 4. The Labute approximate surface area is 185 Å². The molecule has 5 rings (SSSR count). The number of piperidine rings is 1. The first-order valence-electron chi connectivity index (χ1n) is 10.9. The smallest absolute Gasteiger partial charge is 0.324 e. The Morgan fingerprint density at radius 1 is 1.19 bits per heavy atom. The molecule has 1 aromatic carbocycles. The van der Waals surface area contributed by atoms with Gasteiger partial charge < -0.3 is 24.8 Å². The minimum atomic E-state index is -0.368. The van der Waals surface area contributed by atoms with Gasteiger partial charge in [-0.15, -0.1) is 0 Å². The predicted octanol–water partition coefficient (Wildman–Crippen LogP) is 3.45. The number of hydrogen-bond acceptors (Lipinski definition) is 9. The molecule has 2 N–H and O–H groups in total. The molecular formula is C22H26FN7O2. The van der Waals surface area contributed by atoms with Gasteiger partial charge in [0.25, 0.3) is 0 Å². The Morgan fingerprint density at radius 2 is 2.00 bits per heavy atom. The summed E-state index contributed by atoms with van der Waals surface area (Å²) in [6.45, 7) is 6.22. The fraction of sp³-hybridized carbons (Fsp3) is 0.455. The van der Waals surface area contributed by atoms with Gasteiger partial charge in [-0.05, 0) is 24.6 Å². The summed E-state index contributed by atoms with van der Waals surface area (Å²) in [5, 5.41) is 4.05. The summed E-state index contributed by atoms with van der Waals surface area (Å²) in [5.41, 5.74) is 7.44. The lowest BCUT2D eigenvalue weighted by atomic mass is 10.1. The van der Waals surface area contributed by atoms with Crippen LogP contribution in [-0.4, -0.2) is 45.8 Å². The first-order chi connectivity index (χ1) is 15.5. The van der Waals surface area contributed by atoms with Crippen LogP contribution in [0.1, 0.15) is 44.0 Å². The number of nitrogen functional groups attached to an aromatic ring is 1. The van der Waals surface area contributed by atoms with E-state index in [1.54, 1.807) is 12.1 Å². The second-order valence-corrected chi connectivity index (χ2v) is 8.49. The van der Waals surface area contributed by atoms with E-state index in [4.69, 9.17) is 15.0 Å². The van der Waals surface area contributed by atoms with Crippen LogP contribution in [0.15, 0.2) is 29.0 Å². The molecule has 2 aliphatic heterocycles. The van der Waals surface area contributed by atoms with Gasteiger partial charge >= 0.3 is 6.01 Å². The Bertz CT molecular complexity index is 1110. The van der Waals surface area contributed by atoms with Crippen LogP contribution in [0.4, 0.5) is 27.6 Å². The van der Waals surface area contributed by atoms with Gasteiger partial charge in [0.15, 0.2) is 5.82 Å². The monoisotopic (exact) mass is 439 g/mol. The van der Waals surface area contributed by atoms with Crippen molar-refractivity contribution in [3.05, 3.63) is 41.7 Å². The molecule has 0 radical (unpaired) electrons. The zero-order chi connectivity index (χ0) is 22.2. The van der Waals surface area contributed by atoms with Gasteiger partial charge in [-0.2, -0.15) is 4.98 Å². The maximum Gasteiger partial charge on any atom is 0.324 e. The molecule has 32 heavy (non-hydrogen) atoms. The van der Waals surface area contributed by atoms with Crippen molar-refractivity contribution >= 4 is 23.2 Å². The second kappa shape index (κ2) is 8.25. The van der Waals surface area contributed by atoms with E-state index in [1.165, 1.54) is 12.4 Å². The lowest BCUT2D eigenvalue weighted by Crippen LogP contribution is -2.38. The highest BCUT2D eigenvalue weighted by Gasteiger charge is 2.30. The van der Waals surface area contributed by atoms with E-state index in [-0.39, 0.29) is 17.8 Å². The average Bonchev–Trinajstić information content (AvgIpc) is 3.43. The molecule has 1 fully saturated rings. The van der Waals surface area contributed by atoms with Gasteiger partial charge in [0.1, 0.15) is 24.1 Å². The highest BCUT2D eigenvalue weighted by Crippen LogP contribution is 2.38. The molecule has 2 aliphatic rings. The van der Waals surface area contributed by atoms with Crippen LogP contribution in [0.25, 0.3) is 0 Å². The first kappa shape index (κ1) is 20.5. The maximum atomic E-state index is 14.5.